The molecule has 1 aromatic heterocycles. The highest BCUT2D eigenvalue weighted by atomic mass is 35.5. The molecule has 1 aromatic carbocycles. The summed E-state index contributed by atoms with van der Waals surface area (Å²) >= 11 is 5.94. The molecule has 11 heteroatoms. The molecule has 2 aromatic rings. The van der Waals surface area contributed by atoms with E-state index in [9.17, 15) is 18.4 Å². The number of ether oxygens (including phenoxy) is 1. The molecular formula is C19H22ClF2N5O3. The topological polar surface area (TPSA) is 89.3 Å². The third kappa shape index (κ3) is 4.93. The van der Waals surface area contributed by atoms with Gasteiger partial charge in [-0.1, -0.05) is 11.6 Å². The van der Waals surface area contributed by atoms with Gasteiger partial charge in [-0.05, 0) is 32.9 Å². The maximum Gasteiger partial charge on any atom is 0.417 e. The summed E-state index contributed by atoms with van der Waals surface area (Å²) in [5, 5.41) is 6.53. The predicted octanol–water partition coefficient (Wildman–Crippen LogP) is 3.02. The molecule has 0 radical (unpaired) electrons. The lowest BCUT2D eigenvalue weighted by Crippen LogP contribution is -2.48. The fourth-order valence-electron chi connectivity index (χ4n) is 3.06. The summed E-state index contributed by atoms with van der Waals surface area (Å²) in [7, 11) is 0. The highest BCUT2D eigenvalue weighted by molar-refractivity contribution is 6.30. The molecule has 2 atom stereocenters. The summed E-state index contributed by atoms with van der Waals surface area (Å²) in [6.07, 6.45) is 0.328. The number of hydrogen-bond donors (Lipinski definition) is 1. The van der Waals surface area contributed by atoms with E-state index in [1.165, 1.54) is 29.5 Å². The van der Waals surface area contributed by atoms with Crippen molar-refractivity contribution < 1.29 is 23.1 Å². The number of aromatic nitrogens is 3. The van der Waals surface area contributed by atoms with E-state index in [2.05, 4.69) is 15.4 Å². The minimum absolute atomic E-state index is 0.00566. The first-order chi connectivity index (χ1) is 14.1. The Morgan fingerprint density at radius 2 is 2.13 bits per heavy atom. The van der Waals surface area contributed by atoms with Crippen molar-refractivity contribution in [3.63, 3.8) is 0 Å². The Kier molecular flexibility index (Phi) is 6.37. The molecule has 1 fully saturated rings. The fraction of sp³-hybridized carbons (Fsp3) is 0.474. The van der Waals surface area contributed by atoms with Gasteiger partial charge in [0.05, 0.1) is 23.3 Å². The monoisotopic (exact) mass is 441 g/mol. The minimum Gasteiger partial charge on any atom is -0.443 e. The van der Waals surface area contributed by atoms with Gasteiger partial charge in [0.25, 0.3) is 0 Å². The number of hydrogen-bond acceptors (Lipinski definition) is 6. The van der Waals surface area contributed by atoms with Crippen molar-refractivity contribution in [1.29, 1.82) is 0 Å². The number of imide groups is 1. The molecule has 1 aliphatic heterocycles. The number of rotatable bonds is 4. The molecule has 8 nitrogen and oxygen atoms in total. The molecule has 0 bridgehead atoms. The van der Waals surface area contributed by atoms with Gasteiger partial charge < -0.3 is 10.1 Å². The maximum atomic E-state index is 15.0. The second kappa shape index (κ2) is 8.65. The van der Waals surface area contributed by atoms with Gasteiger partial charge in [0.2, 0.25) is 5.91 Å². The van der Waals surface area contributed by atoms with Gasteiger partial charge in [0.15, 0.2) is 0 Å². The number of amides is 2. The molecule has 2 amide bonds. The van der Waals surface area contributed by atoms with Crippen LogP contribution < -0.4 is 5.32 Å². The highest BCUT2D eigenvalue weighted by Crippen LogP contribution is 2.27. The van der Waals surface area contributed by atoms with Crippen molar-refractivity contribution in [2.24, 2.45) is 0 Å². The Morgan fingerprint density at radius 1 is 1.40 bits per heavy atom. The van der Waals surface area contributed by atoms with Crippen LogP contribution >= 0.6 is 11.6 Å². The second-order valence-corrected chi connectivity index (χ2v) is 8.30. The van der Waals surface area contributed by atoms with Crippen LogP contribution in [-0.4, -0.2) is 56.0 Å². The zero-order chi connectivity index (χ0) is 22.1. The second-order valence-electron chi connectivity index (χ2n) is 7.90. The van der Waals surface area contributed by atoms with Crippen LogP contribution in [0.25, 0.3) is 5.69 Å². The molecule has 162 valence electrons. The molecule has 1 N–H and O–H groups in total. The summed E-state index contributed by atoms with van der Waals surface area (Å²) in [5.41, 5.74) is -0.705. The van der Waals surface area contributed by atoms with Crippen molar-refractivity contribution in [2.75, 3.05) is 6.54 Å². The first-order valence-electron chi connectivity index (χ1n) is 9.30. The average molecular weight is 442 g/mol. The fourth-order valence-corrected chi connectivity index (χ4v) is 3.23. The minimum atomic E-state index is -1.21. The van der Waals surface area contributed by atoms with Crippen LogP contribution in [0, 0.1) is 5.82 Å². The first kappa shape index (κ1) is 22.1. The molecule has 0 spiro atoms. The van der Waals surface area contributed by atoms with Gasteiger partial charge in [0.1, 0.15) is 30.2 Å². The molecule has 0 saturated carbocycles. The van der Waals surface area contributed by atoms with Crippen LogP contribution in [0.15, 0.2) is 24.8 Å². The van der Waals surface area contributed by atoms with Crippen LogP contribution in [0.4, 0.5) is 13.6 Å². The number of carbonyl (C=O) groups is 2. The van der Waals surface area contributed by atoms with Gasteiger partial charge in [-0.3, -0.25) is 4.79 Å². The van der Waals surface area contributed by atoms with Crippen molar-refractivity contribution in [3.8, 4) is 5.69 Å². The van der Waals surface area contributed by atoms with Crippen molar-refractivity contribution in [2.45, 2.75) is 51.6 Å². The Labute approximate surface area is 177 Å². The van der Waals surface area contributed by atoms with E-state index in [0.29, 0.717) is 0 Å². The zero-order valence-corrected chi connectivity index (χ0v) is 17.5. The smallest absolute Gasteiger partial charge is 0.417 e. The van der Waals surface area contributed by atoms with Crippen LogP contribution in [0.1, 0.15) is 32.8 Å². The maximum absolute atomic E-state index is 15.0. The van der Waals surface area contributed by atoms with E-state index in [0.717, 1.165) is 4.90 Å². The summed E-state index contributed by atoms with van der Waals surface area (Å²) in [4.78, 5) is 30.4. The lowest BCUT2D eigenvalue weighted by Gasteiger charge is -2.28. The van der Waals surface area contributed by atoms with Crippen molar-refractivity contribution in [3.05, 3.63) is 41.2 Å². The summed E-state index contributed by atoms with van der Waals surface area (Å²) in [5.74, 6) is -1.53. The van der Waals surface area contributed by atoms with E-state index < -0.39 is 42.2 Å². The number of alkyl halides is 1. The molecule has 0 aliphatic carbocycles. The van der Waals surface area contributed by atoms with Gasteiger partial charge in [-0.25, -0.2) is 28.1 Å². The highest BCUT2D eigenvalue weighted by Gasteiger charge is 2.37. The number of halogens is 3. The number of nitrogens with zero attached hydrogens (tertiary/aromatic N) is 4. The Hall–Kier alpha value is -2.59. The Balaban J connectivity index is 2.00. The number of benzene rings is 1. The van der Waals surface area contributed by atoms with Crippen LogP contribution in [0.5, 0.6) is 0 Å². The molecular weight excluding hydrogens is 420 g/mol. The third-order valence-corrected chi connectivity index (χ3v) is 4.70. The van der Waals surface area contributed by atoms with Crippen LogP contribution in [-0.2, 0) is 16.1 Å². The normalized spacial score (nSPS) is 19.0. The lowest BCUT2D eigenvalue weighted by atomic mass is 10.1. The predicted molar refractivity (Wildman–Crippen MR) is 104 cm³/mol. The van der Waals surface area contributed by atoms with Gasteiger partial charge in [0, 0.05) is 18.5 Å². The largest absolute Gasteiger partial charge is 0.443 e. The molecule has 2 heterocycles. The Morgan fingerprint density at radius 3 is 2.70 bits per heavy atom. The average Bonchev–Trinajstić information content (AvgIpc) is 3.32. The van der Waals surface area contributed by atoms with E-state index in [-0.39, 0.29) is 29.2 Å². The van der Waals surface area contributed by atoms with E-state index in [4.69, 9.17) is 16.3 Å². The van der Waals surface area contributed by atoms with Gasteiger partial charge in [-0.2, -0.15) is 5.10 Å². The molecule has 30 heavy (non-hydrogen) atoms. The zero-order valence-electron chi connectivity index (χ0n) is 16.7. The SMILES string of the molecule is CC(C)(C)OC(=O)N(Cc1c(-n2cncn2)ccc(Cl)c1F)C(=O)[C@@H]1C[C@@H](F)CN1. The van der Waals surface area contributed by atoms with E-state index in [1.54, 1.807) is 20.8 Å². The third-order valence-electron chi connectivity index (χ3n) is 4.41. The molecule has 1 aliphatic rings. The van der Waals surface area contributed by atoms with E-state index >= 15 is 0 Å². The molecule has 3 rings (SSSR count). The number of carbonyl (C=O) groups excluding carboxylic acids is 2. The van der Waals surface area contributed by atoms with Crippen LogP contribution in [0.3, 0.4) is 0 Å². The Bertz CT molecular complexity index is 933. The van der Waals surface area contributed by atoms with Crippen molar-refractivity contribution >= 4 is 23.6 Å². The standard InChI is InChI=1S/C19H22ClF2N5O3/c1-19(2,3)30-18(29)26(17(28)14-6-11(21)7-24-14)8-12-15(27-10-23-9-25-27)5-4-13(20)16(12)22/h4-5,9-11,14,24H,6-8H2,1-3H3/t11-,14+/m1/s1. The number of nitrogens with one attached hydrogen (secondary N) is 1. The van der Waals surface area contributed by atoms with Gasteiger partial charge in [-0.15, -0.1) is 0 Å². The molecule has 1 saturated heterocycles. The van der Waals surface area contributed by atoms with Crippen LogP contribution in [0.2, 0.25) is 5.02 Å². The van der Waals surface area contributed by atoms with Gasteiger partial charge >= 0.3 is 6.09 Å². The van der Waals surface area contributed by atoms with E-state index in [1.807, 2.05) is 0 Å². The summed E-state index contributed by atoms with van der Waals surface area (Å²) in [6.45, 7) is 4.43. The first-order valence-corrected chi connectivity index (χ1v) is 9.68. The van der Waals surface area contributed by atoms with Crippen molar-refractivity contribution in [1.82, 2.24) is 25.0 Å². The summed E-state index contributed by atoms with van der Waals surface area (Å²) in [6, 6.07) is 1.91. The summed E-state index contributed by atoms with van der Waals surface area (Å²) < 4.78 is 35.2. The quantitative estimate of drug-likeness (QED) is 0.784. The molecule has 0 unspecified atom stereocenters. The lowest BCUT2D eigenvalue weighted by molar-refractivity contribution is -0.132.